The van der Waals surface area contributed by atoms with Crippen LogP contribution in [-0.4, -0.2) is 28.7 Å². The average molecular weight is 417 g/mol. The molecule has 0 amide bonds. The largest absolute Gasteiger partial charge is 0.337 e. The molecule has 0 bridgehead atoms. The van der Waals surface area contributed by atoms with E-state index in [0.29, 0.717) is 16.9 Å². The summed E-state index contributed by atoms with van der Waals surface area (Å²) in [4.78, 5) is 17.8. The Morgan fingerprint density at radius 3 is 2.67 bits per heavy atom. The summed E-state index contributed by atoms with van der Waals surface area (Å²) in [5.41, 5.74) is 3.67. The molecule has 0 aliphatic rings. The molecule has 0 spiro atoms. The third-order valence-electron chi connectivity index (χ3n) is 5.24. The van der Waals surface area contributed by atoms with E-state index in [0.717, 1.165) is 33.3 Å². The first-order chi connectivity index (χ1) is 14.5. The van der Waals surface area contributed by atoms with Gasteiger partial charge in [0.2, 0.25) is 5.78 Å². The lowest BCUT2D eigenvalue weighted by Crippen LogP contribution is -2.22. The number of fused-ring (bicyclic) bond motifs is 3. The molecule has 0 radical (unpaired) electrons. The lowest BCUT2D eigenvalue weighted by Gasteiger charge is -2.13. The molecule has 0 unspecified atom stereocenters. The number of aryl methyl sites for hydroxylation is 3. The van der Waals surface area contributed by atoms with E-state index >= 15 is 0 Å². The van der Waals surface area contributed by atoms with E-state index in [1.165, 1.54) is 0 Å². The molecule has 3 aromatic heterocycles. The SMILES string of the molecule is Cc1ccc(-n2c(=O)c3ccccc3n3c(SCc4nccn4C)nnc23)c(C)c1. The highest BCUT2D eigenvalue weighted by molar-refractivity contribution is 7.98. The predicted octanol–water partition coefficient (Wildman–Crippen LogP) is 3.68. The maximum absolute atomic E-state index is 13.4. The van der Waals surface area contributed by atoms with Crippen LogP contribution in [0, 0.1) is 13.8 Å². The van der Waals surface area contributed by atoms with Crippen molar-refractivity contribution >= 4 is 28.4 Å². The summed E-state index contributed by atoms with van der Waals surface area (Å²) in [6.45, 7) is 4.05. The molecule has 3 heterocycles. The first-order valence-electron chi connectivity index (χ1n) is 9.60. The van der Waals surface area contributed by atoms with E-state index in [2.05, 4.69) is 21.2 Å². The van der Waals surface area contributed by atoms with E-state index in [1.54, 1.807) is 22.5 Å². The fourth-order valence-electron chi connectivity index (χ4n) is 3.71. The Morgan fingerprint density at radius 1 is 1.07 bits per heavy atom. The topological polar surface area (TPSA) is 70.0 Å². The van der Waals surface area contributed by atoms with Crippen molar-refractivity contribution in [3.05, 3.63) is 82.2 Å². The molecule has 0 atom stereocenters. The molecule has 0 saturated carbocycles. The first-order valence-corrected chi connectivity index (χ1v) is 10.6. The number of benzene rings is 2. The molecule has 30 heavy (non-hydrogen) atoms. The number of aromatic nitrogens is 6. The van der Waals surface area contributed by atoms with Gasteiger partial charge in [-0.15, -0.1) is 10.2 Å². The van der Waals surface area contributed by atoms with Gasteiger partial charge in [0.1, 0.15) is 5.82 Å². The first kappa shape index (κ1) is 18.6. The normalized spacial score (nSPS) is 11.6. The molecular weight excluding hydrogens is 396 g/mol. The minimum atomic E-state index is -0.0990. The van der Waals surface area contributed by atoms with Crippen LogP contribution in [0.4, 0.5) is 0 Å². The zero-order valence-corrected chi connectivity index (χ0v) is 17.7. The second-order valence-electron chi connectivity index (χ2n) is 7.31. The molecule has 0 N–H and O–H groups in total. The summed E-state index contributed by atoms with van der Waals surface area (Å²) in [5, 5.41) is 10.2. The lowest BCUT2D eigenvalue weighted by atomic mass is 10.1. The second kappa shape index (κ2) is 7.14. The summed E-state index contributed by atoms with van der Waals surface area (Å²) < 4.78 is 5.61. The van der Waals surface area contributed by atoms with Crippen molar-refractivity contribution in [3.63, 3.8) is 0 Å². The van der Waals surface area contributed by atoms with E-state index in [-0.39, 0.29) is 5.56 Å². The Bertz CT molecular complexity index is 1460. The standard InChI is InChI=1S/C22H20N6OS/c1-14-8-9-17(15(2)12-14)27-20(29)16-6-4-5-7-18(16)28-21(27)24-25-22(28)30-13-19-23-10-11-26(19)3/h4-12H,13H2,1-3H3. The zero-order chi connectivity index (χ0) is 20.8. The van der Waals surface area contributed by atoms with E-state index in [9.17, 15) is 4.79 Å². The summed E-state index contributed by atoms with van der Waals surface area (Å²) >= 11 is 1.55. The number of hydrogen-bond acceptors (Lipinski definition) is 5. The highest BCUT2D eigenvalue weighted by atomic mass is 32.2. The number of thioether (sulfide) groups is 1. The number of para-hydroxylation sites is 1. The Hall–Kier alpha value is -3.39. The fourth-order valence-corrected chi connectivity index (χ4v) is 4.65. The third kappa shape index (κ3) is 2.91. The molecule has 0 aliphatic heterocycles. The maximum Gasteiger partial charge on any atom is 0.267 e. The molecule has 0 fully saturated rings. The summed E-state index contributed by atoms with van der Waals surface area (Å²) in [7, 11) is 1.97. The van der Waals surface area contributed by atoms with Crippen molar-refractivity contribution in [1.82, 2.24) is 28.7 Å². The van der Waals surface area contributed by atoms with Crippen LogP contribution in [0.1, 0.15) is 17.0 Å². The van der Waals surface area contributed by atoms with Gasteiger partial charge in [0.15, 0.2) is 5.16 Å². The summed E-state index contributed by atoms with van der Waals surface area (Å²) in [6, 6.07) is 13.6. The van der Waals surface area contributed by atoms with Gasteiger partial charge >= 0.3 is 0 Å². The third-order valence-corrected chi connectivity index (χ3v) is 6.16. The summed E-state index contributed by atoms with van der Waals surface area (Å²) in [6.07, 6.45) is 3.70. The molecule has 8 heteroatoms. The van der Waals surface area contributed by atoms with Gasteiger partial charge in [-0.2, -0.15) is 0 Å². The van der Waals surface area contributed by atoms with Gasteiger partial charge < -0.3 is 4.57 Å². The van der Waals surface area contributed by atoms with Crippen molar-refractivity contribution in [3.8, 4) is 5.69 Å². The minimum Gasteiger partial charge on any atom is -0.337 e. The fraction of sp³-hybridized carbons (Fsp3) is 0.182. The highest BCUT2D eigenvalue weighted by Crippen LogP contribution is 2.26. The molecule has 0 saturated heterocycles. The second-order valence-corrected chi connectivity index (χ2v) is 8.25. The van der Waals surface area contributed by atoms with Gasteiger partial charge in [0, 0.05) is 19.4 Å². The van der Waals surface area contributed by atoms with Gasteiger partial charge in [0.25, 0.3) is 5.56 Å². The van der Waals surface area contributed by atoms with Gasteiger partial charge in [0.05, 0.1) is 22.3 Å². The zero-order valence-electron chi connectivity index (χ0n) is 16.9. The maximum atomic E-state index is 13.4. The Morgan fingerprint density at radius 2 is 1.90 bits per heavy atom. The average Bonchev–Trinajstić information content (AvgIpc) is 3.34. The van der Waals surface area contributed by atoms with Crippen molar-refractivity contribution in [2.24, 2.45) is 7.05 Å². The molecule has 5 aromatic rings. The molecular formula is C22H20N6OS. The van der Waals surface area contributed by atoms with Crippen LogP contribution in [-0.2, 0) is 12.8 Å². The van der Waals surface area contributed by atoms with Crippen LogP contribution in [0.2, 0.25) is 0 Å². The van der Waals surface area contributed by atoms with Crippen LogP contribution in [0.5, 0.6) is 0 Å². The lowest BCUT2D eigenvalue weighted by molar-refractivity contribution is 0.845. The quantitative estimate of drug-likeness (QED) is 0.418. The van der Waals surface area contributed by atoms with E-state index < -0.39 is 0 Å². The van der Waals surface area contributed by atoms with Crippen molar-refractivity contribution < 1.29 is 0 Å². The molecule has 5 rings (SSSR count). The Labute approximate surface area is 177 Å². The molecule has 150 valence electrons. The number of imidazole rings is 1. The molecule has 7 nitrogen and oxygen atoms in total. The predicted molar refractivity (Wildman–Crippen MR) is 118 cm³/mol. The number of hydrogen-bond donors (Lipinski definition) is 0. The van der Waals surface area contributed by atoms with Gasteiger partial charge in [-0.25, -0.2) is 9.55 Å². The Kier molecular flexibility index (Phi) is 4.43. The van der Waals surface area contributed by atoms with Crippen molar-refractivity contribution in [2.75, 3.05) is 0 Å². The van der Waals surface area contributed by atoms with Crippen LogP contribution in [0.3, 0.4) is 0 Å². The minimum absolute atomic E-state index is 0.0990. The van der Waals surface area contributed by atoms with E-state index in [4.69, 9.17) is 0 Å². The summed E-state index contributed by atoms with van der Waals surface area (Å²) in [5.74, 6) is 2.11. The monoisotopic (exact) mass is 416 g/mol. The smallest absolute Gasteiger partial charge is 0.267 e. The van der Waals surface area contributed by atoms with Crippen LogP contribution in [0.25, 0.3) is 22.4 Å². The van der Waals surface area contributed by atoms with Crippen LogP contribution in [0.15, 0.2) is 64.8 Å². The highest BCUT2D eigenvalue weighted by Gasteiger charge is 2.19. The molecule has 0 aliphatic carbocycles. The molecule has 2 aromatic carbocycles. The van der Waals surface area contributed by atoms with Crippen molar-refractivity contribution in [2.45, 2.75) is 24.8 Å². The van der Waals surface area contributed by atoms with Crippen LogP contribution >= 0.6 is 11.8 Å². The van der Waals surface area contributed by atoms with Gasteiger partial charge in [-0.3, -0.25) is 9.20 Å². The number of nitrogens with zero attached hydrogens (tertiary/aromatic N) is 6. The Balaban J connectivity index is 1.77. The van der Waals surface area contributed by atoms with Crippen LogP contribution < -0.4 is 5.56 Å². The van der Waals surface area contributed by atoms with Gasteiger partial charge in [-0.1, -0.05) is 41.6 Å². The van der Waals surface area contributed by atoms with E-state index in [1.807, 2.05) is 72.5 Å². The van der Waals surface area contributed by atoms with Crippen molar-refractivity contribution in [1.29, 1.82) is 0 Å². The number of rotatable bonds is 4. The van der Waals surface area contributed by atoms with Gasteiger partial charge in [-0.05, 0) is 37.6 Å².